The molecule has 29 heavy (non-hydrogen) atoms. The number of benzene rings is 2. The molecule has 0 saturated heterocycles. The number of carbonyl (C=O) groups excluding carboxylic acids is 2. The number of aromatic nitrogens is 1. The van der Waals surface area contributed by atoms with Crippen molar-refractivity contribution < 1.29 is 23.8 Å². The van der Waals surface area contributed by atoms with E-state index in [-0.39, 0.29) is 31.8 Å². The zero-order valence-electron chi connectivity index (χ0n) is 15.8. The zero-order valence-corrected chi connectivity index (χ0v) is 16.7. The first-order chi connectivity index (χ1) is 14.1. The fourth-order valence-corrected chi connectivity index (χ4v) is 3.97. The van der Waals surface area contributed by atoms with Gasteiger partial charge in [0, 0.05) is 6.42 Å². The fraction of sp³-hybridized carbons (Fsp3) is 0.286. The first-order valence-electron chi connectivity index (χ1n) is 9.27. The van der Waals surface area contributed by atoms with Crippen LogP contribution in [0.3, 0.4) is 0 Å². The van der Waals surface area contributed by atoms with E-state index in [2.05, 4.69) is 10.3 Å². The molecule has 1 atom stereocenters. The largest absolute Gasteiger partial charge is 0.456 e. The third-order valence-electron chi connectivity index (χ3n) is 4.52. The Morgan fingerprint density at radius 1 is 1.21 bits per heavy atom. The minimum Gasteiger partial charge on any atom is -0.456 e. The summed E-state index contributed by atoms with van der Waals surface area (Å²) in [5.74, 6) is 0.567. The van der Waals surface area contributed by atoms with Crippen LogP contribution in [0, 0.1) is 0 Å². The number of fused-ring (bicyclic) bond motifs is 2. The van der Waals surface area contributed by atoms with E-state index in [4.69, 9.17) is 14.2 Å². The second-order valence-electron chi connectivity index (χ2n) is 6.64. The Morgan fingerprint density at radius 2 is 2.03 bits per heavy atom. The van der Waals surface area contributed by atoms with Gasteiger partial charge in [-0.15, -0.1) is 11.3 Å². The van der Waals surface area contributed by atoms with E-state index in [1.54, 1.807) is 11.3 Å². The lowest BCUT2D eigenvalue weighted by Crippen LogP contribution is -2.31. The maximum Gasteiger partial charge on any atom is 0.306 e. The van der Waals surface area contributed by atoms with Gasteiger partial charge in [0.15, 0.2) is 18.1 Å². The molecular weight excluding hydrogens is 392 g/mol. The van der Waals surface area contributed by atoms with Gasteiger partial charge in [-0.25, -0.2) is 4.98 Å². The molecule has 8 heteroatoms. The summed E-state index contributed by atoms with van der Waals surface area (Å²) < 4.78 is 16.8. The number of ether oxygens (including phenoxy) is 3. The molecular formula is C21H20N2O5S. The Bertz CT molecular complexity index is 1020. The maximum absolute atomic E-state index is 12.1. The topological polar surface area (TPSA) is 86.8 Å². The number of nitrogens with one attached hydrogen (secondary N) is 1. The Labute approximate surface area is 171 Å². The average molecular weight is 412 g/mol. The van der Waals surface area contributed by atoms with Gasteiger partial charge in [0.05, 0.1) is 27.7 Å². The molecule has 0 saturated carbocycles. The Hall–Kier alpha value is -3.13. The van der Waals surface area contributed by atoms with Crippen LogP contribution in [-0.2, 0) is 20.7 Å². The summed E-state index contributed by atoms with van der Waals surface area (Å²) in [7, 11) is 0. The summed E-state index contributed by atoms with van der Waals surface area (Å²) in [4.78, 5) is 28.6. The number of esters is 1. The van der Waals surface area contributed by atoms with Gasteiger partial charge >= 0.3 is 5.97 Å². The van der Waals surface area contributed by atoms with Gasteiger partial charge < -0.3 is 19.5 Å². The number of hydrogen-bond acceptors (Lipinski definition) is 7. The van der Waals surface area contributed by atoms with Gasteiger partial charge in [-0.2, -0.15) is 0 Å². The van der Waals surface area contributed by atoms with Crippen LogP contribution in [0.5, 0.6) is 11.5 Å². The summed E-state index contributed by atoms with van der Waals surface area (Å²) in [5.41, 5.74) is 1.81. The minimum absolute atomic E-state index is 0.185. The predicted molar refractivity (Wildman–Crippen MR) is 108 cm³/mol. The summed E-state index contributed by atoms with van der Waals surface area (Å²) in [5, 5.41) is 3.69. The zero-order chi connectivity index (χ0) is 20.2. The van der Waals surface area contributed by atoms with Crippen LogP contribution in [0.25, 0.3) is 10.2 Å². The molecule has 4 rings (SSSR count). The number of rotatable bonds is 7. The summed E-state index contributed by atoms with van der Waals surface area (Å²) in [6.45, 7) is 1.74. The van der Waals surface area contributed by atoms with E-state index in [1.807, 2.05) is 49.4 Å². The van der Waals surface area contributed by atoms with Gasteiger partial charge in [0.1, 0.15) is 0 Å². The van der Waals surface area contributed by atoms with Crippen LogP contribution in [0.4, 0.5) is 0 Å². The first-order valence-corrected chi connectivity index (χ1v) is 10.1. The van der Waals surface area contributed by atoms with Crippen LogP contribution in [0.1, 0.15) is 30.0 Å². The molecule has 1 aromatic heterocycles. The van der Waals surface area contributed by atoms with E-state index in [9.17, 15) is 9.59 Å². The summed E-state index contributed by atoms with van der Waals surface area (Å²) in [6.07, 6.45) is 0.679. The molecule has 0 spiro atoms. The lowest BCUT2D eigenvalue weighted by molar-refractivity contribution is -0.148. The maximum atomic E-state index is 12.1. The molecule has 7 nitrogen and oxygen atoms in total. The molecule has 1 aliphatic rings. The molecule has 0 unspecified atom stereocenters. The number of carbonyl (C=O) groups is 2. The monoisotopic (exact) mass is 412 g/mol. The molecule has 150 valence electrons. The molecule has 2 heterocycles. The standard InChI is InChI=1S/C21H20N2O5S/c1-13(14-6-7-16-17(10-14)28-12-27-16)22-19(24)11-26-21(25)9-8-20-23-15-4-2-3-5-18(15)29-20/h2-7,10,13H,8-9,11-12H2,1H3,(H,22,24)/t13-/m0/s1. The van der Waals surface area contributed by atoms with Crippen LogP contribution in [0.2, 0.25) is 0 Å². The highest BCUT2D eigenvalue weighted by Gasteiger charge is 2.17. The van der Waals surface area contributed by atoms with Gasteiger partial charge in [-0.1, -0.05) is 18.2 Å². The van der Waals surface area contributed by atoms with Gasteiger partial charge in [0.2, 0.25) is 6.79 Å². The average Bonchev–Trinajstić information content (AvgIpc) is 3.36. The highest BCUT2D eigenvalue weighted by Crippen LogP contribution is 2.34. The number of nitrogens with zero attached hydrogens (tertiary/aromatic N) is 1. The molecule has 0 fully saturated rings. The third kappa shape index (κ3) is 4.65. The quantitative estimate of drug-likeness (QED) is 0.599. The molecule has 0 aliphatic carbocycles. The Morgan fingerprint density at radius 3 is 2.90 bits per heavy atom. The van der Waals surface area contributed by atoms with E-state index in [1.165, 1.54) is 0 Å². The molecule has 1 aliphatic heterocycles. The van der Waals surface area contributed by atoms with E-state index in [0.29, 0.717) is 17.9 Å². The van der Waals surface area contributed by atoms with Gasteiger partial charge in [-0.05, 0) is 36.8 Å². The highest BCUT2D eigenvalue weighted by molar-refractivity contribution is 7.18. The molecule has 0 bridgehead atoms. The Balaban J connectivity index is 1.22. The SMILES string of the molecule is C[C@H](NC(=O)COC(=O)CCc1nc2ccccc2s1)c1ccc2c(c1)OCO2. The van der Waals surface area contributed by atoms with Crippen LogP contribution >= 0.6 is 11.3 Å². The van der Waals surface area contributed by atoms with Gasteiger partial charge in [-0.3, -0.25) is 9.59 Å². The van der Waals surface area contributed by atoms with Crippen molar-refractivity contribution in [3.05, 3.63) is 53.0 Å². The van der Waals surface area contributed by atoms with Crippen molar-refractivity contribution in [2.24, 2.45) is 0 Å². The lowest BCUT2D eigenvalue weighted by atomic mass is 10.1. The van der Waals surface area contributed by atoms with Crippen molar-refractivity contribution in [3.8, 4) is 11.5 Å². The second-order valence-corrected chi connectivity index (χ2v) is 7.75. The van der Waals surface area contributed by atoms with E-state index >= 15 is 0 Å². The smallest absolute Gasteiger partial charge is 0.306 e. The van der Waals surface area contributed by atoms with Crippen molar-refractivity contribution >= 4 is 33.4 Å². The van der Waals surface area contributed by atoms with Crippen molar-refractivity contribution in [2.45, 2.75) is 25.8 Å². The van der Waals surface area contributed by atoms with Crippen molar-refractivity contribution in [3.63, 3.8) is 0 Å². The van der Waals surface area contributed by atoms with Crippen LogP contribution in [-0.4, -0.2) is 30.3 Å². The van der Waals surface area contributed by atoms with Crippen molar-refractivity contribution in [2.75, 3.05) is 13.4 Å². The molecule has 1 N–H and O–H groups in total. The Kier molecular flexibility index (Phi) is 5.62. The lowest BCUT2D eigenvalue weighted by Gasteiger charge is -2.15. The highest BCUT2D eigenvalue weighted by atomic mass is 32.1. The molecule has 1 amide bonds. The number of amides is 1. The predicted octanol–water partition coefficient (Wildman–Crippen LogP) is 3.38. The summed E-state index contributed by atoms with van der Waals surface area (Å²) in [6, 6.07) is 13.1. The van der Waals surface area contributed by atoms with Crippen molar-refractivity contribution in [1.29, 1.82) is 0 Å². The normalized spacial score (nSPS) is 13.3. The van der Waals surface area contributed by atoms with Crippen LogP contribution in [0.15, 0.2) is 42.5 Å². The van der Waals surface area contributed by atoms with E-state index in [0.717, 1.165) is 20.8 Å². The fourth-order valence-electron chi connectivity index (χ4n) is 3.00. The van der Waals surface area contributed by atoms with E-state index < -0.39 is 5.97 Å². The summed E-state index contributed by atoms with van der Waals surface area (Å²) >= 11 is 1.56. The number of aryl methyl sites for hydroxylation is 1. The molecule has 2 aromatic carbocycles. The number of hydrogen-bond donors (Lipinski definition) is 1. The van der Waals surface area contributed by atoms with Crippen molar-refractivity contribution in [1.82, 2.24) is 10.3 Å². The first kappa shape index (κ1) is 19.2. The third-order valence-corrected chi connectivity index (χ3v) is 5.62. The number of thiazole rings is 1. The second kappa shape index (κ2) is 8.48. The van der Waals surface area contributed by atoms with Gasteiger partial charge in [0.25, 0.3) is 5.91 Å². The number of para-hydroxylation sites is 1. The minimum atomic E-state index is -0.421. The molecule has 3 aromatic rings. The molecule has 0 radical (unpaired) electrons. The van der Waals surface area contributed by atoms with Crippen LogP contribution < -0.4 is 14.8 Å².